The predicted octanol–water partition coefficient (Wildman–Crippen LogP) is 1.22. The molecule has 0 radical (unpaired) electrons. The Kier molecular flexibility index (Phi) is 3.52. The van der Waals surface area contributed by atoms with Crippen molar-refractivity contribution < 1.29 is 13.7 Å². The van der Waals surface area contributed by atoms with Crippen LogP contribution in [-0.4, -0.2) is 35.0 Å². The van der Waals surface area contributed by atoms with Crippen molar-refractivity contribution in [1.82, 2.24) is 0 Å². The summed E-state index contributed by atoms with van der Waals surface area (Å²) < 4.78 is 16.4. The maximum atomic E-state index is 11.6. The van der Waals surface area contributed by atoms with Crippen molar-refractivity contribution in [3.05, 3.63) is 29.8 Å². The third-order valence-corrected chi connectivity index (χ3v) is 2.53. The first-order chi connectivity index (χ1) is 6.92. The van der Waals surface area contributed by atoms with E-state index in [-0.39, 0.29) is 5.78 Å². The zero-order valence-corrected chi connectivity index (χ0v) is 9.84. The van der Waals surface area contributed by atoms with Crippen LogP contribution in [-0.2, 0) is 9.52 Å². The average Bonchev–Trinajstić information content (AvgIpc) is 2.15. The third-order valence-electron chi connectivity index (χ3n) is 1.75. The normalized spacial score (nSPS) is 10.9. The number of ether oxygens (including phenoxy) is 1. The Bertz CT molecular complexity index is 474. The highest BCUT2D eigenvalue weighted by molar-refractivity contribution is 8.01. The molecule has 0 aliphatic heterocycles. The molecule has 0 amide bonds. The zero-order chi connectivity index (χ0) is 11.5. The van der Waals surface area contributed by atoms with Crippen LogP contribution in [0.1, 0.15) is 10.4 Å². The van der Waals surface area contributed by atoms with Gasteiger partial charge in [0.15, 0.2) is 5.78 Å². The van der Waals surface area contributed by atoms with Crippen LogP contribution in [0.4, 0.5) is 0 Å². The molecule has 0 aromatic heterocycles. The van der Waals surface area contributed by atoms with Crippen LogP contribution in [0.2, 0.25) is 0 Å². The number of hydrogen-bond acceptors (Lipinski definition) is 3. The van der Waals surface area contributed by atoms with E-state index in [0.29, 0.717) is 11.3 Å². The fourth-order valence-electron chi connectivity index (χ4n) is 1.10. The van der Waals surface area contributed by atoms with Gasteiger partial charge >= 0.3 is 0 Å². The molecule has 0 bridgehead atoms. The summed E-state index contributed by atoms with van der Waals surface area (Å²) in [5.41, 5.74) is 0.491. The maximum Gasteiger partial charge on any atom is 0.193 e. The molecule has 3 nitrogen and oxygen atoms in total. The number of ketones is 1. The molecular weight excluding hydrogens is 212 g/mol. The Morgan fingerprint density at radius 1 is 1.40 bits per heavy atom. The molecule has 0 heterocycles. The van der Waals surface area contributed by atoms with Crippen molar-refractivity contribution in [1.29, 1.82) is 0 Å². The molecule has 4 heteroatoms. The molecule has 1 aromatic rings. The van der Waals surface area contributed by atoms with Crippen LogP contribution < -0.4 is 4.74 Å². The van der Waals surface area contributed by atoms with E-state index >= 15 is 0 Å². The lowest BCUT2D eigenvalue weighted by molar-refractivity contribution is 0.107. The lowest BCUT2D eigenvalue weighted by Crippen LogP contribution is -2.08. The summed E-state index contributed by atoms with van der Waals surface area (Å²) in [5.74, 6) is 0.386. The first-order valence-electron chi connectivity index (χ1n) is 4.40. The topological polar surface area (TPSA) is 43.4 Å². The molecule has 1 aromatic carbocycles. The number of hydrogen-bond donors (Lipinski definition) is 0. The minimum atomic E-state index is -2.16. The van der Waals surface area contributed by atoms with Crippen LogP contribution in [0.15, 0.2) is 24.3 Å². The lowest BCUT2D eigenvalue weighted by Gasteiger charge is -2.01. The molecule has 0 aliphatic rings. The van der Waals surface area contributed by atoms with Crippen molar-refractivity contribution in [2.45, 2.75) is 0 Å². The second kappa shape index (κ2) is 4.49. The number of carbonyl (C=O) groups is 1. The molecule has 0 saturated heterocycles. The van der Waals surface area contributed by atoms with Crippen molar-refractivity contribution in [2.24, 2.45) is 0 Å². The molecule has 0 atom stereocenters. The molecule has 82 valence electrons. The van der Waals surface area contributed by atoms with Crippen molar-refractivity contribution in [3.63, 3.8) is 0 Å². The SMILES string of the molecule is COc1cccc(C(=O)C=S(C)(C)=O)c1. The summed E-state index contributed by atoms with van der Waals surface area (Å²) in [7, 11) is -0.619. The number of benzene rings is 1. The maximum absolute atomic E-state index is 11.6. The molecule has 15 heavy (non-hydrogen) atoms. The van der Waals surface area contributed by atoms with Gasteiger partial charge in [0, 0.05) is 23.4 Å². The van der Waals surface area contributed by atoms with Crippen molar-refractivity contribution in [2.75, 3.05) is 19.6 Å². The van der Waals surface area contributed by atoms with E-state index in [2.05, 4.69) is 0 Å². The molecule has 0 spiro atoms. The Hall–Kier alpha value is -1.29. The van der Waals surface area contributed by atoms with Crippen LogP contribution in [0.5, 0.6) is 5.75 Å². The molecule has 0 N–H and O–H groups in total. The zero-order valence-electron chi connectivity index (χ0n) is 9.02. The van der Waals surface area contributed by atoms with E-state index in [1.807, 2.05) is 0 Å². The van der Waals surface area contributed by atoms with Crippen LogP contribution in [0, 0.1) is 0 Å². The van der Waals surface area contributed by atoms with Gasteiger partial charge in [-0.1, -0.05) is 12.1 Å². The Balaban J connectivity index is 3.08. The van der Waals surface area contributed by atoms with Gasteiger partial charge in [-0.25, -0.2) is 0 Å². The second-order valence-electron chi connectivity index (χ2n) is 3.52. The average molecular weight is 226 g/mol. The van der Waals surface area contributed by atoms with Gasteiger partial charge in [-0.3, -0.25) is 9.00 Å². The molecule has 0 unspecified atom stereocenters. The summed E-state index contributed by atoms with van der Waals surface area (Å²) >= 11 is 0. The number of rotatable bonds is 3. The van der Waals surface area contributed by atoms with Gasteiger partial charge in [-0.05, 0) is 21.7 Å². The predicted molar refractivity (Wildman–Crippen MR) is 63.4 cm³/mol. The fourth-order valence-corrected chi connectivity index (χ4v) is 1.75. The van der Waals surface area contributed by atoms with Crippen molar-refractivity contribution in [3.8, 4) is 5.75 Å². The molecular formula is C11H14O3S. The highest BCUT2D eigenvalue weighted by atomic mass is 32.2. The van der Waals surface area contributed by atoms with E-state index < -0.39 is 9.52 Å². The van der Waals surface area contributed by atoms with Crippen LogP contribution in [0.3, 0.4) is 0 Å². The standard InChI is InChI=1S/C11H14O3S/c1-14-10-6-4-5-9(7-10)11(12)8-15(2,3)13/h4-8H,1-3H3. The minimum Gasteiger partial charge on any atom is -0.497 e. The number of Topliss-reactive ketones (excluding diaryl/α,β-unsaturated/α-hetero) is 1. The summed E-state index contributed by atoms with van der Waals surface area (Å²) in [6.45, 7) is 0. The lowest BCUT2D eigenvalue weighted by atomic mass is 10.1. The Labute approximate surface area is 90.1 Å². The largest absolute Gasteiger partial charge is 0.497 e. The van der Waals surface area contributed by atoms with Crippen LogP contribution >= 0.6 is 0 Å². The van der Waals surface area contributed by atoms with Gasteiger partial charge in [-0.2, -0.15) is 0 Å². The van der Waals surface area contributed by atoms with Gasteiger partial charge < -0.3 is 4.74 Å². The van der Waals surface area contributed by atoms with E-state index in [9.17, 15) is 9.00 Å². The minimum absolute atomic E-state index is 0.232. The summed E-state index contributed by atoms with van der Waals surface area (Å²) in [5, 5.41) is 1.25. The third kappa shape index (κ3) is 3.75. The Morgan fingerprint density at radius 2 is 2.07 bits per heavy atom. The molecule has 0 saturated carbocycles. The first-order valence-corrected chi connectivity index (χ1v) is 6.83. The van der Waals surface area contributed by atoms with Gasteiger partial charge in [0.2, 0.25) is 0 Å². The van der Waals surface area contributed by atoms with E-state index in [4.69, 9.17) is 4.74 Å². The highest BCUT2D eigenvalue weighted by Crippen LogP contribution is 2.12. The summed E-state index contributed by atoms with van der Waals surface area (Å²) in [6.07, 6.45) is 3.07. The Morgan fingerprint density at radius 3 is 2.60 bits per heavy atom. The first kappa shape index (κ1) is 11.8. The second-order valence-corrected chi connectivity index (χ2v) is 6.38. The number of methoxy groups -OCH3 is 1. The van der Waals surface area contributed by atoms with Gasteiger partial charge in [-0.15, -0.1) is 0 Å². The van der Waals surface area contributed by atoms with E-state index in [1.54, 1.807) is 24.3 Å². The molecule has 1 rings (SSSR count). The van der Waals surface area contributed by atoms with Gasteiger partial charge in [0.25, 0.3) is 0 Å². The number of carbonyl (C=O) groups excluding carboxylic acids is 1. The van der Waals surface area contributed by atoms with Gasteiger partial charge in [0.1, 0.15) is 5.75 Å². The quantitative estimate of drug-likeness (QED) is 0.575. The molecule has 0 aliphatic carbocycles. The highest BCUT2D eigenvalue weighted by Gasteiger charge is 2.05. The monoisotopic (exact) mass is 226 g/mol. The van der Waals surface area contributed by atoms with E-state index in [1.165, 1.54) is 25.0 Å². The fraction of sp³-hybridized carbons (Fsp3) is 0.273. The van der Waals surface area contributed by atoms with Crippen LogP contribution in [0.25, 0.3) is 0 Å². The summed E-state index contributed by atoms with van der Waals surface area (Å²) in [4.78, 5) is 11.6. The molecule has 0 fully saturated rings. The smallest absolute Gasteiger partial charge is 0.193 e. The summed E-state index contributed by atoms with van der Waals surface area (Å²) in [6, 6.07) is 6.79. The van der Waals surface area contributed by atoms with E-state index in [0.717, 1.165) is 0 Å². The van der Waals surface area contributed by atoms with Crippen molar-refractivity contribution >= 4 is 20.7 Å². The van der Waals surface area contributed by atoms with Gasteiger partial charge in [0.05, 0.1) is 7.11 Å².